The molecule has 59 heavy (non-hydrogen) atoms. The van der Waals surface area contributed by atoms with Gasteiger partial charge in [0.25, 0.3) is 5.92 Å². The first-order valence-electron chi connectivity index (χ1n) is 20.5. The number of amides is 2. The molecule has 12 nitrogen and oxygen atoms in total. The predicted octanol–water partition coefficient (Wildman–Crippen LogP) is 7.08. The Kier molecular flexibility index (Phi) is 12.3. The van der Waals surface area contributed by atoms with Gasteiger partial charge in [0, 0.05) is 31.3 Å². The van der Waals surface area contributed by atoms with E-state index in [-0.39, 0.29) is 50.0 Å². The SMILES string of the molecule is CCOc1cc2ccnc(O[C@@H]3C[C@H]4C(=O)C[C@]5(C(=O)NS(=O)(=O)C6(C)CC6)C[C@H]5/C=C\CC[C@@H](C)C[C@@H](C)[C@H](CC(=O)OC(C)(C)C(C)(F)F)C(=O)N4C3)c2cc1F. The number of Topliss-reactive ketones (excluding diaryl/α,β-unsaturated/α-hetero) is 1. The summed E-state index contributed by atoms with van der Waals surface area (Å²) in [5.41, 5.74) is -3.55. The van der Waals surface area contributed by atoms with Gasteiger partial charge >= 0.3 is 5.97 Å². The van der Waals surface area contributed by atoms with E-state index in [1.54, 1.807) is 26.8 Å². The summed E-state index contributed by atoms with van der Waals surface area (Å²) >= 11 is 0. The van der Waals surface area contributed by atoms with Crippen molar-refractivity contribution in [3.05, 3.63) is 42.4 Å². The summed E-state index contributed by atoms with van der Waals surface area (Å²) in [5.74, 6) is -8.72. The van der Waals surface area contributed by atoms with E-state index in [9.17, 15) is 36.4 Å². The molecule has 3 fully saturated rings. The van der Waals surface area contributed by atoms with Gasteiger partial charge in [-0.05, 0) is 108 Å². The standard InChI is InChI=1S/C43H56F3N3O9S/c1-8-56-35-18-27-13-16-47-37(31(27)20-32(35)44)57-29-19-33-34(50)23-43(39(53)48-59(54,55)41(6)14-15-41)22-28(43)12-10-9-11-25(2)17-26(3)30(38(52)49(33)24-29)21-36(51)58-40(4,5)42(7,45)46/h10,12-13,16,18,20,25-26,28-30,33H,8-9,11,14-15,17,19,21-24H2,1-7H3,(H,48,53)/b12-10-/t25-,26-,28-,29-,30+,33+,43-/m1/s1. The van der Waals surface area contributed by atoms with Crippen LogP contribution in [0.1, 0.15) is 106 Å². The number of alkyl halides is 2. The molecule has 2 aromatic rings. The molecule has 1 saturated heterocycles. The summed E-state index contributed by atoms with van der Waals surface area (Å²) in [5, 5.41) is 0.890. The summed E-state index contributed by atoms with van der Waals surface area (Å²) < 4.78 is 88.7. The molecule has 4 aliphatic rings. The molecular formula is C43H56F3N3O9S. The second-order valence-electron chi connectivity index (χ2n) is 18.0. The van der Waals surface area contributed by atoms with Gasteiger partial charge in [-0.2, -0.15) is 0 Å². The molecule has 3 heterocycles. The Morgan fingerprint density at radius 2 is 1.81 bits per heavy atom. The molecule has 0 bridgehead atoms. The van der Waals surface area contributed by atoms with Crippen LogP contribution < -0.4 is 14.2 Å². The zero-order valence-electron chi connectivity index (χ0n) is 34.8. The van der Waals surface area contributed by atoms with E-state index in [4.69, 9.17) is 14.2 Å². The first-order chi connectivity index (χ1) is 27.5. The van der Waals surface area contributed by atoms with Crippen LogP contribution in [0.5, 0.6) is 11.6 Å². The first kappa shape index (κ1) is 44.3. The highest BCUT2D eigenvalue weighted by atomic mass is 32.2. The van der Waals surface area contributed by atoms with Gasteiger partial charge in [-0.3, -0.25) is 23.9 Å². The molecule has 2 aliphatic carbocycles. The topological polar surface area (TPSA) is 158 Å². The first-order valence-corrected chi connectivity index (χ1v) is 22.0. The molecule has 0 unspecified atom stereocenters. The van der Waals surface area contributed by atoms with E-state index >= 15 is 4.39 Å². The van der Waals surface area contributed by atoms with Crippen LogP contribution in [0.2, 0.25) is 0 Å². The van der Waals surface area contributed by atoms with E-state index in [1.165, 1.54) is 23.2 Å². The lowest BCUT2D eigenvalue weighted by Gasteiger charge is -2.34. The third kappa shape index (κ3) is 9.26. The van der Waals surface area contributed by atoms with Crippen LogP contribution in [0.25, 0.3) is 10.8 Å². The fourth-order valence-electron chi connectivity index (χ4n) is 8.35. The van der Waals surface area contributed by atoms with Gasteiger partial charge in [-0.1, -0.05) is 26.0 Å². The molecule has 2 aliphatic heterocycles. The number of carbonyl (C=O) groups is 4. The summed E-state index contributed by atoms with van der Waals surface area (Å²) in [7, 11) is -4.03. The van der Waals surface area contributed by atoms with Crippen LogP contribution in [0.15, 0.2) is 36.5 Å². The Bertz CT molecular complexity index is 2120. The van der Waals surface area contributed by atoms with Crippen molar-refractivity contribution in [2.24, 2.45) is 29.1 Å². The number of hydrogen-bond acceptors (Lipinski definition) is 10. The average Bonchev–Trinajstić information content (AvgIpc) is 4.02. The third-order valence-corrected chi connectivity index (χ3v) is 15.1. The number of hydrogen-bond donors (Lipinski definition) is 1. The van der Waals surface area contributed by atoms with E-state index in [1.807, 2.05) is 19.1 Å². The summed E-state index contributed by atoms with van der Waals surface area (Å²) in [6.07, 6.45) is 6.24. The highest BCUT2D eigenvalue weighted by Crippen LogP contribution is 2.58. The van der Waals surface area contributed by atoms with Gasteiger partial charge in [-0.25, -0.2) is 26.6 Å². The zero-order valence-corrected chi connectivity index (χ0v) is 35.6. The maximum absolute atomic E-state index is 15.1. The number of pyridine rings is 1. The average molecular weight is 848 g/mol. The number of rotatable bonds is 11. The van der Waals surface area contributed by atoms with Crippen molar-refractivity contribution in [2.45, 2.75) is 135 Å². The number of carbonyl (C=O) groups excluding carboxylic acids is 4. The monoisotopic (exact) mass is 847 g/mol. The summed E-state index contributed by atoms with van der Waals surface area (Å²) in [4.78, 5) is 62.7. The van der Waals surface area contributed by atoms with Crippen molar-refractivity contribution >= 4 is 44.4 Å². The molecule has 1 aromatic carbocycles. The zero-order chi connectivity index (χ0) is 43.3. The number of sulfonamides is 1. The van der Waals surface area contributed by atoms with Crippen molar-refractivity contribution in [1.29, 1.82) is 0 Å². The van der Waals surface area contributed by atoms with Crippen molar-refractivity contribution in [2.75, 3.05) is 13.2 Å². The molecule has 0 radical (unpaired) electrons. The minimum Gasteiger partial charge on any atom is -0.491 e. The van der Waals surface area contributed by atoms with Gasteiger partial charge in [0.05, 0.1) is 41.7 Å². The van der Waals surface area contributed by atoms with Gasteiger partial charge in [0.1, 0.15) is 6.10 Å². The van der Waals surface area contributed by atoms with Gasteiger partial charge in [0.2, 0.25) is 27.7 Å². The molecule has 16 heteroatoms. The second kappa shape index (κ2) is 16.3. The van der Waals surface area contributed by atoms with Crippen LogP contribution in [0.3, 0.4) is 0 Å². The van der Waals surface area contributed by atoms with Gasteiger partial charge in [-0.15, -0.1) is 0 Å². The Labute approximate surface area is 344 Å². The summed E-state index contributed by atoms with van der Waals surface area (Å²) in [6.45, 7) is 10.0. The lowest BCUT2D eigenvalue weighted by atomic mass is 9.82. The number of aromatic nitrogens is 1. The number of nitrogens with one attached hydrogen (secondary N) is 1. The smallest absolute Gasteiger partial charge is 0.307 e. The van der Waals surface area contributed by atoms with Crippen molar-refractivity contribution in [1.82, 2.24) is 14.6 Å². The Morgan fingerprint density at radius 1 is 1.10 bits per heavy atom. The number of benzene rings is 1. The number of ketones is 1. The third-order valence-electron chi connectivity index (χ3n) is 13.0. The summed E-state index contributed by atoms with van der Waals surface area (Å²) in [6, 6.07) is 3.23. The fourth-order valence-corrected chi connectivity index (χ4v) is 9.68. The second-order valence-corrected chi connectivity index (χ2v) is 20.2. The number of ether oxygens (including phenoxy) is 3. The molecule has 1 aromatic heterocycles. The van der Waals surface area contributed by atoms with E-state index in [2.05, 4.69) is 9.71 Å². The molecule has 324 valence electrons. The lowest BCUT2D eigenvalue weighted by molar-refractivity contribution is -0.197. The molecular weight excluding hydrogens is 792 g/mol. The minimum absolute atomic E-state index is 0.0455. The highest BCUT2D eigenvalue weighted by molar-refractivity contribution is 7.91. The Morgan fingerprint density at radius 3 is 2.47 bits per heavy atom. The van der Waals surface area contributed by atoms with Crippen molar-refractivity contribution in [3.8, 4) is 11.6 Å². The fraction of sp³-hybridized carbons (Fsp3) is 0.651. The number of fused-ring (bicyclic) bond motifs is 3. The molecule has 2 saturated carbocycles. The van der Waals surface area contributed by atoms with Crippen LogP contribution >= 0.6 is 0 Å². The number of halogens is 3. The lowest BCUT2D eigenvalue weighted by Crippen LogP contribution is -2.49. The van der Waals surface area contributed by atoms with Crippen molar-refractivity contribution in [3.63, 3.8) is 0 Å². The quantitative estimate of drug-likeness (QED) is 0.183. The number of nitrogens with zero attached hydrogens (tertiary/aromatic N) is 2. The minimum atomic E-state index is -4.03. The number of allylic oxidation sites excluding steroid dienone is 2. The maximum Gasteiger partial charge on any atom is 0.307 e. The van der Waals surface area contributed by atoms with E-state index in [0.29, 0.717) is 49.8 Å². The maximum atomic E-state index is 15.1. The van der Waals surface area contributed by atoms with Crippen LogP contribution in [-0.2, 0) is 33.9 Å². The molecule has 2 amide bonds. The van der Waals surface area contributed by atoms with Crippen LogP contribution in [0, 0.1) is 34.9 Å². The predicted molar refractivity (Wildman–Crippen MR) is 212 cm³/mol. The normalized spacial score (nSPS) is 29.4. The largest absolute Gasteiger partial charge is 0.491 e. The van der Waals surface area contributed by atoms with E-state index < -0.39 is 97.4 Å². The molecule has 6 rings (SSSR count). The highest BCUT2D eigenvalue weighted by Gasteiger charge is 2.63. The molecule has 7 atom stereocenters. The molecule has 0 spiro atoms. The van der Waals surface area contributed by atoms with E-state index in [0.717, 1.165) is 13.8 Å². The van der Waals surface area contributed by atoms with Crippen molar-refractivity contribution < 1.29 is 55.0 Å². The number of esters is 1. The van der Waals surface area contributed by atoms with Crippen LogP contribution in [-0.4, -0.2) is 83.4 Å². The Hall–Kier alpha value is -4.21. The Balaban J connectivity index is 1.36. The van der Waals surface area contributed by atoms with Crippen LogP contribution in [0.4, 0.5) is 13.2 Å². The van der Waals surface area contributed by atoms with Gasteiger partial charge < -0.3 is 19.1 Å². The molecule has 1 N–H and O–H groups in total. The van der Waals surface area contributed by atoms with Gasteiger partial charge in [0.15, 0.2) is 23.0 Å².